The molecule has 0 atom stereocenters. The smallest absolute Gasteiger partial charge is 0.119 e. The molecule has 0 fully saturated rings. The van der Waals surface area contributed by atoms with E-state index in [0.717, 1.165) is 45.2 Å². The summed E-state index contributed by atoms with van der Waals surface area (Å²) in [4.78, 5) is 12.6. The summed E-state index contributed by atoms with van der Waals surface area (Å²) in [7, 11) is 0. The van der Waals surface area contributed by atoms with E-state index in [4.69, 9.17) is 5.11 Å². The number of carbonyl (C=O) groups is 1. The van der Waals surface area contributed by atoms with Crippen LogP contribution in [0, 0.1) is 0 Å². The van der Waals surface area contributed by atoms with E-state index in [1.54, 1.807) is 0 Å². The lowest BCUT2D eigenvalue weighted by atomic mass is 10.1. The Morgan fingerprint density at radius 1 is 0.842 bits per heavy atom. The second-order valence-electron chi connectivity index (χ2n) is 5.35. The second-order valence-corrected chi connectivity index (χ2v) is 5.35. The minimum atomic E-state index is 0.254. The van der Waals surface area contributed by atoms with Gasteiger partial charge in [0.1, 0.15) is 6.29 Å². The topological polar surface area (TPSA) is 40.5 Å². The van der Waals surface area contributed by atoms with E-state index in [1.165, 1.54) is 38.5 Å². The molecule has 0 heterocycles. The number of unbranched alkanes of at least 4 members (excludes halogenated alkanes) is 8. The Morgan fingerprint density at radius 3 is 2.00 bits per heavy atom. The summed E-state index contributed by atoms with van der Waals surface area (Å²) in [5, 5.41) is 9.06. The van der Waals surface area contributed by atoms with Gasteiger partial charge in [0, 0.05) is 13.0 Å². The first-order valence-corrected chi connectivity index (χ1v) is 8.12. The summed E-state index contributed by atoms with van der Waals surface area (Å²) >= 11 is 0. The molecule has 19 heavy (non-hydrogen) atoms. The monoisotopic (exact) mass is 271 g/mol. The van der Waals surface area contributed by atoms with E-state index in [2.05, 4.69) is 11.8 Å². The van der Waals surface area contributed by atoms with E-state index >= 15 is 0 Å². The van der Waals surface area contributed by atoms with Gasteiger partial charge in [0.2, 0.25) is 0 Å². The Kier molecular flexibility index (Phi) is 15.3. The fraction of sp³-hybridized carbons (Fsp3) is 0.938. The van der Waals surface area contributed by atoms with Crippen molar-refractivity contribution >= 4 is 6.29 Å². The van der Waals surface area contributed by atoms with Crippen LogP contribution in [0.5, 0.6) is 0 Å². The average molecular weight is 271 g/mol. The van der Waals surface area contributed by atoms with Gasteiger partial charge in [0.15, 0.2) is 0 Å². The van der Waals surface area contributed by atoms with Gasteiger partial charge >= 0.3 is 0 Å². The van der Waals surface area contributed by atoms with Crippen LogP contribution in [-0.2, 0) is 4.79 Å². The fourth-order valence-electron chi connectivity index (χ4n) is 2.33. The normalized spacial score (nSPS) is 11.1. The molecule has 0 aliphatic rings. The summed E-state index contributed by atoms with van der Waals surface area (Å²) in [6.45, 7) is 5.47. The van der Waals surface area contributed by atoms with Crippen LogP contribution in [-0.4, -0.2) is 42.5 Å². The van der Waals surface area contributed by atoms with Gasteiger partial charge in [-0.2, -0.15) is 0 Å². The van der Waals surface area contributed by atoms with Crippen LogP contribution in [0.4, 0.5) is 0 Å². The number of aldehydes is 1. The summed E-state index contributed by atoms with van der Waals surface area (Å²) in [5.74, 6) is 0. The highest BCUT2D eigenvalue weighted by atomic mass is 16.3. The third-order valence-corrected chi connectivity index (χ3v) is 3.54. The van der Waals surface area contributed by atoms with Gasteiger partial charge < -0.3 is 14.8 Å². The van der Waals surface area contributed by atoms with Crippen molar-refractivity contribution in [1.29, 1.82) is 0 Å². The molecule has 0 aliphatic heterocycles. The van der Waals surface area contributed by atoms with Crippen LogP contribution in [0.3, 0.4) is 0 Å². The van der Waals surface area contributed by atoms with Crippen LogP contribution in [0.15, 0.2) is 0 Å². The Balaban J connectivity index is 3.47. The van der Waals surface area contributed by atoms with Crippen molar-refractivity contribution in [2.24, 2.45) is 0 Å². The fourth-order valence-corrected chi connectivity index (χ4v) is 2.33. The predicted octanol–water partition coefficient (Wildman–Crippen LogP) is 3.40. The molecule has 0 unspecified atom stereocenters. The zero-order valence-corrected chi connectivity index (χ0v) is 12.8. The van der Waals surface area contributed by atoms with Crippen molar-refractivity contribution in [3.63, 3.8) is 0 Å². The van der Waals surface area contributed by atoms with Crippen molar-refractivity contribution in [3.05, 3.63) is 0 Å². The van der Waals surface area contributed by atoms with Crippen molar-refractivity contribution in [3.8, 4) is 0 Å². The SMILES string of the molecule is CCCCCCCCN(CCO)CCCCCC=O. The molecule has 0 radical (unpaired) electrons. The maximum absolute atomic E-state index is 10.2. The van der Waals surface area contributed by atoms with Crippen LogP contribution in [0.1, 0.15) is 71.1 Å². The molecule has 3 heteroatoms. The van der Waals surface area contributed by atoms with Gasteiger partial charge in [-0.1, -0.05) is 45.4 Å². The number of hydrogen-bond acceptors (Lipinski definition) is 3. The molecule has 114 valence electrons. The number of aliphatic hydroxyl groups excluding tert-OH is 1. The maximum atomic E-state index is 10.2. The lowest BCUT2D eigenvalue weighted by Crippen LogP contribution is -2.29. The Labute approximate surface area is 119 Å². The van der Waals surface area contributed by atoms with Gasteiger partial charge in [-0.15, -0.1) is 0 Å². The standard InChI is InChI=1S/C16H33NO2/c1-2-3-4-5-6-9-12-17(14-16-19)13-10-7-8-11-15-18/h15,19H,2-14,16H2,1H3. The number of hydrogen-bond donors (Lipinski definition) is 1. The molecule has 0 bridgehead atoms. The third-order valence-electron chi connectivity index (χ3n) is 3.54. The second kappa shape index (κ2) is 15.6. The van der Waals surface area contributed by atoms with Crippen LogP contribution in [0.2, 0.25) is 0 Å². The first kappa shape index (κ1) is 18.6. The molecule has 0 aliphatic carbocycles. The van der Waals surface area contributed by atoms with Crippen LogP contribution < -0.4 is 0 Å². The van der Waals surface area contributed by atoms with Gasteiger partial charge in [0.25, 0.3) is 0 Å². The molecular weight excluding hydrogens is 238 g/mol. The van der Waals surface area contributed by atoms with Gasteiger partial charge in [-0.25, -0.2) is 0 Å². The Hall–Kier alpha value is -0.410. The number of nitrogens with zero attached hydrogens (tertiary/aromatic N) is 1. The minimum absolute atomic E-state index is 0.254. The molecule has 0 aromatic carbocycles. The highest BCUT2D eigenvalue weighted by Crippen LogP contribution is 2.07. The lowest BCUT2D eigenvalue weighted by Gasteiger charge is -2.21. The molecular formula is C16H33NO2. The first-order valence-electron chi connectivity index (χ1n) is 8.12. The zero-order valence-electron chi connectivity index (χ0n) is 12.8. The Bertz CT molecular complexity index is 186. The molecule has 0 aromatic rings. The quantitative estimate of drug-likeness (QED) is 0.366. The van der Waals surface area contributed by atoms with Crippen molar-refractivity contribution in [1.82, 2.24) is 4.90 Å². The van der Waals surface area contributed by atoms with E-state index in [1.807, 2.05) is 0 Å². The summed E-state index contributed by atoms with van der Waals surface area (Å²) in [6, 6.07) is 0. The minimum Gasteiger partial charge on any atom is -0.395 e. The van der Waals surface area contributed by atoms with Crippen LogP contribution in [0.25, 0.3) is 0 Å². The van der Waals surface area contributed by atoms with E-state index < -0.39 is 0 Å². The Morgan fingerprint density at radius 2 is 1.42 bits per heavy atom. The largest absolute Gasteiger partial charge is 0.395 e. The molecule has 0 saturated carbocycles. The number of carbonyl (C=O) groups excluding carboxylic acids is 1. The van der Waals surface area contributed by atoms with Crippen molar-refractivity contribution in [2.45, 2.75) is 71.1 Å². The molecule has 0 saturated heterocycles. The summed E-state index contributed by atoms with van der Waals surface area (Å²) < 4.78 is 0. The van der Waals surface area contributed by atoms with Crippen molar-refractivity contribution < 1.29 is 9.90 Å². The van der Waals surface area contributed by atoms with Gasteiger partial charge in [-0.05, 0) is 32.4 Å². The van der Waals surface area contributed by atoms with Crippen molar-refractivity contribution in [2.75, 3.05) is 26.2 Å². The molecule has 0 rings (SSSR count). The van der Waals surface area contributed by atoms with E-state index in [-0.39, 0.29) is 6.61 Å². The molecule has 0 aromatic heterocycles. The zero-order chi connectivity index (χ0) is 14.2. The van der Waals surface area contributed by atoms with E-state index in [0.29, 0.717) is 6.42 Å². The molecule has 1 N–H and O–H groups in total. The molecule has 0 amide bonds. The van der Waals surface area contributed by atoms with Crippen LogP contribution >= 0.6 is 0 Å². The highest BCUT2D eigenvalue weighted by Gasteiger charge is 2.03. The van der Waals surface area contributed by atoms with E-state index in [9.17, 15) is 4.79 Å². The molecule has 0 spiro atoms. The van der Waals surface area contributed by atoms with Gasteiger partial charge in [0.05, 0.1) is 6.61 Å². The highest BCUT2D eigenvalue weighted by molar-refractivity contribution is 5.48. The lowest BCUT2D eigenvalue weighted by molar-refractivity contribution is -0.107. The average Bonchev–Trinajstić information content (AvgIpc) is 2.42. The summed E-state index contributed by atoms with van der Waals surface area (Å²) in [6.07, 6.45) is 12.9. The molecule has 3 nitrogen and oxygen atoms in total. The predicted molar refractivity (Wildman–Crippen MR) is 81.4 cm³/mol. The first-order chi connectivity index (χ1) is 9.35. The summed E-state index contributed by atoms with van der Waals surface area (Å²) in [5.41, 5.74) is 0. The number of aliphatic hydroxyl groups is 1. The number of rotatable bonds is 15. The maximum Gasteiger partial charge on any atom is 0.119 e. The van der Waals surface area contributed by atoms with Gasteiger partial charge in [-0.3, -0.25) is 0 Å². The third kappa shape index (κ3) is 13.8.